The molecular formula is C19H23NO2. The molecule has 0 fully saturated rings. The lowest BCUT2D eigenvalue weighted by Crippen LogP contribution is -2.19. The molecule has 0 amide bonds. The molecule has 3 nitrogen and oxygen atoms in total. The van der Waals surface area contributed by atoms with Crippen LogP contribution < -0.4 is 14.8 Å². The van der Waals surface area contributed by atoms with Crippen molar-refractivity contribution >= 4 is 0 Å². The van der Waals surface area contributed by atoms with Gasteiger partial charge in [0.2, 0.25) is 0 Å². The minimum absolute atomic E-state index is 0.265. The summed E-state index contributed by atoms with van der Waals surface area (Å²) in [5.41, 5.74) is 3.90. The Labute approximate surface area is 132 Å². The fraction of sp³-hybridized carbons (Fsp3) is 0.368. The zero-order valence-corrected chi connectivity index (χ0v) is 13.3. The van der Waals surface area contributed by atoms with Gasteiger partial charge in [-0.15, -0.1) is 0 Å². The predicted octanol–water partition coefficient (Wildman–Crippen LogP) is 3.87. The number of hydrogen-bond acceptors (Lipinski definition) is 3. The van der Waals surface area contributed by atoms with E-state index < -0.39 is 0 Å². The van der Waals surface area contributed by atoms with E-state index in [4.69, 9.17) is 9.47 Å². The lowest BCUT2D eigenvalue weighted by molar-refractivity contribution is 0.171. The zero-order valence-electron chi connectivity index (χ0n) is 13.3. The largest absolute Gasteiger partial charge is 0.486 e. The van der Waals surface area contributed by atoms with E-state index in [2.05, 4.69) is 55.6 Å². The highest BCUT2D eigenvalue weighted by atomic mass is 16.6. The number of rotatable bonds is 5. The summed E-state index contributed by atoms with van der Waals surface area (Å²) in [6.07, 6.45) is 1.08. The van der Waals surface area contributed by atoms with Crippen LogP contribution in [0.3, 0.4) is 0 Å². The molecule has 2 aromatic carbocycles. The lowest BCUT2D eigenvalue weighted by atomic mass is 10.1. The lowest BCUT2D eigenvalue weighted by Gasteiger charge is -2.21. The third kappa shape index (κ3) is 3.42. The molecule has 3 heteroatoms. The molecule has 2 aromatic rings. The summed E-state index contributed by atoms with van der Waals surface area (Å²) >= 11 is 0. The quantitative estimate of drug-likeness (QED) is 0.908. The first kappa shape index (κ1) is 14.9. The Bertz CT molecular complexity index is 622. The van der Waals surface area contributed by atoms with Crippen molar-refractivity contribution in [3.8, 4) is 11.5 Å². The summed E-state index contributed by atoms with van der Waals surface area (Å²) in [5, 5.41) is 3.56. The van der Waals surface area contributed by atoms with Gasteiger partial charge in [0, 0.05) is 12.6 Å². The minimum Gasteiger partial charge on any atom is -0.486 e. The highest BCUT2D eigenvalue weighted by molar-refractivity contribution is 5.44. The third-order valence-electron chi connectivity index (χ3n) is 4.11. The number of hydrogen-bond donors (Lipinski definition) is 1. The fourth-order valence-electron chi connectivity index (χ4n) is 2.61. The molecule has 0 spiro atoms. The van der Waals surface area contributed by atoms with Gasteiger partial charge in [0.15, 0.2) is 11.5 Å². The number of nitrogens with one attached hydrogen (secondary N) is 1. The molecule has 1 heterocycles. The van der Waals surface area contributed by atoms with Gasteiger partial charge in [-0.1, -0.05) is 37.3 Å². The fourth-order valence-corrected chi connectivity index (χ4v) is 2.61. The molecule has 0 aromatic heterocycles. The molecule has 1 N–H and O–H groups in total. The second-order valence-electron chi connectivity index (χ2n) is 5.68. The van der Waals surface area contributed by atoms with Crippen LogP contribution in [0.1, 0.15) is 36.6 Å². The Morgan fingerprint density at radius 3 is 2.36 bits per heavy atom. The topological polar surface area (TPSA) is 30.5 Å². The van der Waals surface area contributed by atoms with Crippen molar-refractivity contribution < 1.29 is 9.47 Å². The molecule has 1 unspecified atom stereocenters. The molecule has 1 atom stereocenters. The van der Waals surface area contributed by atoms with Crippen LogP contribution in [0, 0.1) is 0 Å². The Morgan fingerprint density at radius 2 is 1.64 bits per heavy atom. The van der Waals surface area contributed by atoms with E-state index in [0.717, 1.165) is 24.5 Å². The first-order valence-corrected chi connectivity index (χ1v) is 7.97. The van der Waals surface area contributed by atoms with Crippen molar-refractivity contribution in [3.63, 3.8) is 0 Å². The summed E-state index contributed by atoms with van der Waals surface area (Å²) < 4.78 is 11.2. The van der Waals surface area contributed by atoms with Gasteiger partial charge in [0.1, 0.15) is 13.2 Å². The van der Waals surface area contributed by atoms with E-state index >= 15 is 0 Å². The van der Waals surface area contributed by atoms with Crippen LogP contribution in [0.2, 0.25) is 0 Å². The normalized spacial score (nSPS) is 14.6. The van der Waals surface area contributed by atoms with E-state index in [1.165, 1.54) is 16.7 Å². The molecule has 0 saturated carbocycles. The summed E-state index contributed by atoms with van der Waals surface area (Å²) in [6, 6.07) is 15.2. The Hall–Kier alpha value is -2.00. The molecule has 22 heavy (non-hydrogen) atoms. The van der Waals surface area contributed by atoms with Crippen molar-refractivity contribution in [1.29, 1.82) is 0 Å². The van der Waals surface area contributed by atoms with Crippen LogP contribution in [0.25, 0.3) is 0 Å². The number of aryl methyl sites for hydroxylation is 1. The van der Waals surface area contributed by atoms with Gasteiger partial charge in [-0.05, 0) is 42.2 Å². The minimum atomic E-state index is 0.265. The Kier molecular flexibility index (Phi) is 4.64. The van der Waals surface area contributed by atoms with E-state index in [0.29, 0.717) is 13.2 Å². The second kappa shape index (κ2) is 6.84. The van der Waals surface area contributed by atoms with Gasteiger partial charge >= 0.3 is 0 Å². The van der Waals surface area contributed by atoms with Crippen molar-refractivity contribution in [1.82, 2.24) is 5.32 Å². The Balaban J connectivity index is 1.62. The van der Waals surface area contributed by atoms with E-state index in [9.17, 15) is 0 Å². The third-order valence-corrected chi connectivity index (χ3v) is 4.11. The van der Waals surface area contributed by atoms with Gasteiger partial charge in [-0.2, -0.15) is 0 Å². The van der Waals surface area contributed by atoms with Crippen molar-refractivity contribution in [2.24, 2.45) is 0 Å². The van der Waals surface area contributed by atoms with Gasteiger partial charge in [0.05, 0.1) is 0 Å². The van der Waals surface area contributed by atoms with E-state index in [1.807, 2.05) is 6.07 Å². The Morgan fingerprint density at radius 1 is 0.955 bits per heavy atom. The molecule has 1 aliphatic heterocycles. The summed E-state index contributed by atoms with van der Waals surface area (Å²) in [7, 11) is 0. The van der Waals surface area contributed by atoms with Crippen molar-refractivity contribution in [2.45, 2.75) is 32.9 Å². The van der Waals surface area contributed by atoms with E-state index in [-0.39, 0.29) is 6.04 Å². The molecule has 0 aliphatic carbocycles. The van der Waals surface area contributed by atoms with Crippen LogP contribution in [-0.2, 0) is 13.0 Å². The molecule has 0 bridgehead atoms. The molecular weight excluding hydrogens is 274 g/mol. The predicted molar refractivity (Wildman–Crippen MR) is 88.5 cm³/mol. The van der Waals surface area contributed by atoms with Gasteiger partial charge in [-0.3, -0.25) is 0 Å². The molecule has 0 radical (unpaired) electrons. The molecule has 1 aliphatic rings. The summed E-state index contributed by atoms with van der Waals surface area (Å²) in [6.45, 7) is 6.47. The van der Waals surface area contributed by atoms with Crippen molar-refractivity contribution in [3.05, 3.63) is 59.2 Å². The smallest absolute Gasteiger partial charge is 0.161 e. The van der Waals surface area contributed by atoms with Crippen LogP contribution >= 0.6 is 0 Å². The first-order valence-electron chi connectivity index (χ1n) is 7.97. The average Bonchev–Trinajstić information content (AvgIpc) is 2.59. The molecule has 116 valence electrons. The van der Waals surface area contributed by atoms with Crippen LogP contribution in [0.4, 0.5) is 0 Å². The zero-order chi connectivity index (χ0) is 15.4. The number of ether oxygens (including phenoxy) is 2. The molecule has 3 rings (SSSR count). The van der Waals surface area contributed by atoms with Crippen LogP contribution in [0.5, 0.6) is 11.5 Å². The number of benzene rings is 2. The first-order chi connectivity index (χ1) is 10.8. The van der Waals surface area contributed by atoms with Crippen LogP contribution in [-0.4, -0.2) is 13.2 Å². The maximum atomic E-state index is 5.65. The summed E-state index contributed by atoms with van der Waals surface area (Å²) in [5.74, 6) is 1.70. The van der Waals surface area contributed by atoms with Gasteiger partial charge in [0.25, 0.3) is 0 Å². The van der Waals surface area contributed by atoms with Crippen LogP contribution in [0.15, 0.2) is 42.5 Å². The standard InChI is InChI=1S/C19H23NO2/c1-3-15-4-6-16(7-5-15)13-20-14(2)17-8-9-18-19(12-17)22-11-10-21-18/h4-9,12,14,20H,3,10-11,13H2,1-2H3. The van der Waals surface area contributed by atoms with Gasteiger partial charge < -0.3 is 14.8 Å². The maximum absolute atomic E-state index is 5.65. The van der Waals surface area contributed by atoms with E-state index in [1.54, 1.807) is 0 Å². The highest BCUT2D eigenvalue weighted by Crippen LogP contribution is 2.32. The highest BCUT2D eigenvalue weighted by Gasteiger charge is 2.14. The monoisotopic (exact) mass is 297 g/mol. The second-order valence-corrected chi connectivity index (χ2v) is 5.68. The maximum Gasteiger partial charge on any atom is 0.161 e. The van der Waals surface area contributed by atoms with Crippen molar-refractivity contribution in [2.75, 3.05) is 13.2 Å². The SMILES string of the molecule is CCc1ccc(CNC(C)c2ccc3c(c2)OCCO3)cc1. The summed E-state index contributed by atoms with van der Waals surface area (Å²) in [4.78, 5) is 0. The average molecular weight is 297 g/mol. The molecule has 0 saturated heterocycles. The number of fused-ring (bicyclic) bond motifs is 1. The van der Waals surface area contributed by atoms with Gasteiger partial charge in [-0.25, -0.2) is 0 Å².